The van der Waals surface area contributed by atoms with Crippen LogP contribution in [0.25, 0.3) is 10.9 Å². The molecule has 0 bridgehead atoms. The van der Waals surface area contributed by atoms with E-state index in [-0.39, 0.29) is 5.56 Å². The molecule has 6 rings (SSSR count). The Morgan fingerprint density at radius 1 is 0.914 bits per heavy atom. The molecule has 0 N–H and O–H groups in total. The fourth-order valence-electron chi connectivity index (χ4n) is 5.61. The van der Waals surface area contributed by atoms with Crippen molar-refractivity contribution in [2.45, 2.75) is 19.3 Å². The molecule has 2 aromatic heterocycles. The maximum absolute atomic E-state index is 12.9. The van der Waals surface area contributed by atoms with Gasteiger partial charge in [-0.25, -0.2) is 0 Å². The third-order valence-corrected chi connectivity index (χ3v) is 7.74. The molecule has 1 unspecified atom stereocenters. The second kappa shape index (κ2) is 8.84. The SMILES string of the molecule is Cc1cc2c(N3CCN(C)c4cc(C5CCOC5)ncc43)cc(N3CCOCC3)cc2n(C)c1=O. The van der Waals surface area contributed by atoms with E-state index in [0.29, 0.717) is 5.92 Å². The van der Waals surface area contributed by atoms with Crippen LogP contribution in [0.15, 0.2) is 35.3 Å². The number of nitrogens with zero attached hydrogens (tertiary/aromatic N) is 5. The normalized spacial score (nSPS) is 20.5. The molecule has 0 spiro atoms. The van der Waals surface area contributed by atoms with Crippen molar-refractivity contribution in [2.75, 3.05) is 74.4 Å². The minimum atomic E-state index is 0.0476. The molecule has 0 aliphatic carbocycles. The summed E-state index contributed by atoms with van der Waals surface area (Å²) in [6.07, 6.45) is 3.06. The van der Waals surface area contributed by atoms with Gasteiger partial charge in [-0.1, -0.05) is 0 Å². The van der Waals surface area contributed by atoms with Gasteiger partial charge in [0.15, 0.2) is 0 Å². The molecular weight excluding hydrogens is 442 g/mol. The summed E-state index contributed by atoms with van der Waals surface area (Å²) in [7, 11) is 4.03. The minimum Gasteiger partial charge on any atom is -0.381 e. The molecule has 3 aliphatic rings. The highest BCUT2D eigenvalue weighted by Crippen LogP contribution is 2.42. The topological polar surface area (TPSA) is 63.1 Å². The quantitative estimate of drug-likeness (QED) is 0.577. The lowest BCUT2D eigenvalue weighted by Gasteiger charge is -2.38. The van der Waals surface area contributed by atoms with Crippen molar-refractivity contribution in [3.8, 4) is 0 Å². The monoisotopic (exact) mass is 475 g/mol. The molecule has 1 aromatic carbocycles. The maximum Gasteiger partial charge on any atom is 0.253 e. The Hall–Kier alpha value is -3.10. The van der Waals surface area contributed by atoms with Crippen molar-refractivity contribution < 1.29 is 9.47 Å². The van der Waals surface area contributed by atoms with Crippen LogP contribution in [0.5, 0.6) is 0 Å². The number of likely N-dealkylation sites (N-methyl/N-ethyl adjacent to an activating group) is 1. The molecule has 0 saturated carbocycles. The summed E-state index contributed by atoms with van der Waals surface area (Å²) >= 11 is 0. The van der Waals surface area contributed by atoms with E-state index in [4.69, 9.17) is 14.5 Å². The van der Waals surface area contributed by atoms with Crippen LogP contribution in [0.4, 0.5) is 22.7 Å². The first kappa shape index (κ1) is 22.4. The molecule has 2 fully saturated rings. The fraction of sp³-hybridized carbons (Fsp3) is 0.481. The Morgan fingerprint density at radius 3 is 2.51 bits per heavy atom. The van der Waals surface area contributed by atoms with Crippen LogP contribution in [-0.2, 0) is 16.5 Å². The number of anilines is 4. The van der Waals surface area contributed by atoms with Crippen LogP contribution in [0.2, 0.25) is 0 Å². The standard InChI is InChI=1S/C27H33N5O3/c1-18-12-21-23(30(3)27(18)33)13-20(31-7-10-34-11-8-31)14-24(21)32-6-5-29(2)25-15-22(28-16-26(25)32)19-4-9-35-17-19/h12-16,19H,4-11,17H2,1-3H3. The van der Waals surface area contributed by atoms with Gasteiger partial charge in [0.05, 0.1) is 48.6 Å². The van der Waals surface area contributed by atoms with Crippen molar-refractivity contribution in [3.63, 3.8) is 0 Å². The first-order chi connectivity index (χ1) is 17.0. The van der Waals surface area contributed by atoms with Crippen molar-refractivity contribution in [2.24, 2.45) is 7.05 Å². The highest BCUT2D eigenvalue weighted by atomic mass is 16.5. The van der Waals surface area contributed by atoms with Gasteiger partial charge in [-0.3, -0.25) is 9.78 Å². The first-order valence-corrected chi connectivity index (χ1v) is 12.5. The lowest BCUT2D eigenvalue weighted by atomic mass is 10.0. The van der Waals surface area contributed by atoms with Gasteiger partial charge in [-0.2, -0.15) is 0 Å². The number of aryl methyl sites for hydroxylation is 2. The predicted octanol–water partition coefficient (Wildman–Crippen LogP) is 3.17. The van der Waals surface area contributed by atoms with Crippen LogP contribution in [0.1, 0.15) is 23.6 Å². The van der Waals surface area contributed by atoms with Crippen LogP contribution in [0.3, 0.4) is 0 Å². The molecule has 35 heavy (non-hydrogen) atoms. The van der Waals surface area contributed by atoms with Crippen LogP contribution in [0, 0.1) is 6.92 Å². The molecule has 1 atom stereocenters. The van der Waals surface area contributed by atoms with Crippen molar-refractivity contribution in [3.05, 3.63) is 52.1 Å². The maximum atomic E-state index is 12.9. The molecule has 8 nitrogen and oxygen atoms in total. The highest BCUT2D eigenvalue weighted by Gasteiger charge is 2.28. The van der Waals surface area contributed by atoms with Gasteiger partial charge in [0.2, 0.25) is 0 Å². The molecule has 3 aliphatic heterocycles. The Bertz CT molecular complexity index is 1320. The Labute approximate surface area is 205 Å². The number of ether oxygens (including phenoxy) is 2. The summed E-state index contributed by atoms with van der Waals surface area (Å²) in [5, 5.41) is 1.09. The van der Waals surface area contributed by atoms with E-state index in [1.54, 1.807) is 4.57 Å². The fourth-order valence-corrected chi connectivity index (χ4v) is 5.61. The largest absolute Gasteiger partial charge is 0.381 e. The average Bonchev–Trinajstić information content (AvgIpc) is 3.43. The van der Waals surface area contributed by atoms with E-state index in [2.05, 4.69) is 39.9 Å². The average molecular weight is 476 g/mol. The Balaban J connectivity index is 1.52. The zero-order valence-corrected chi connectivity index (χ0v) is 20.8. The highest BCUT2D eigenvalue weighted by molar-refractivity contribution is 5.99. The second-order valence-electron chi connectivity index (χ2n) is 9.92. The van der Waals surface area contributed by atoms with Crippen LogP contribution >= 0.6 is 0 Å². The van der Waals surface area contributed by atoms with E-state index in [1.165, 1.54) is 5.69 Å². The van der Waals surface area contributed by atoms with E-state index in [9.17, 15) is 4.79 Å². The number of benzene rings is 1. The van der Waals surface area contributed by atoms with Gasteiger partial charge in [0, 0.05) is 75.1 Å². The predicted molar refractivity (Wildman–Crippen MR) is 140 cm³/mol. The third kappa shape index (κ3) is 3.85. The lowest BCUT2D eigenvalue weighted by molar-refractivity contribution is 0.122. The van der Waals surface area contributed by atoms with Crippen molar-refractivity contribution in [1.29, 1.82) is 0 Å². The summed E-state index contributed by atoms with van der Waals surface area (Å²) in [6, 6.07) is 8.73. The Morgan fingerprint density at radius 2 is 1.74 bits per heavy atom. The van der Waals surface area contributed by atoms with Crippen molar-refractivity contribution in [1.82, 2.24) is 9.55 Å². The molecular formula is C27H33N5O3. The van der Waals surface area contributed by atoms with Gasteiger partial charge >= 0.3 is 0 Å². The summed E-state index contributed by atoms with van der Waals surface area (Å²) in [4.78, 5) is 24.8. The smallest absolute Gasteiger partial charge is 0.253 e. The summed E-state index contributed by atoms with van der Waals surface area (Å²) in [5.74, 6) is 0.367. The molecule has 2 saturated heterocycles. The van der Waals surface area contributed by atoms with E-state index in [1.807, 2.05) is 26.2 Å². The van der Waals surface area contributed by atoms with Gasteiger partial charge < -0.3 is 28.7 Å². The molecule has 5 heterocycles. The van der Waals surface area contributed by atoms with Gasteiger partial charge in [-0.05, 0) is 37.6 Å². The third-order valence-electron chi connectivity index (χ3n) is 7.74. The van der Waals surface area contributed by atoms with Gasteiger partial charge in [0.25, 0.3) is 5.56 Å². The molecule has 0 radical (unpaired) electrons. The number of rotatable bonds is 3. The molecule has 3 aromatic rings. The first-order valence-electron chi connectivity index (χ1n) is 12.5. The zero-order valence-electron chi connectivity index (χ0n) is 20.8. The zero-order chi connectivity index (χ0) is 24.1. The van der Waals surface area contributed by atoms with E-state index in [0.717, 1.165) is 98.2 Å². The number of morpholine rings is 1. The number of pyridine rings is 2. The van der Waals surface area contributed by atoms with Crippen molar-refractivity contribution >= 4 is 33.7 Å². The van der Waals surface area contributed by atoms with E-state index < -0.39 is 0 Å². The second-order valence-corrected chi connectivity index (χ2v) is 9.92. The molecule has 0 amide bonds. The number of aromatic nitrogens is 2. The lowest BCUT2D eigenvalue weighted by Crippen LogP contribution is -2.38. The van der Waals surface area contributed by atoms with Gasteiger partial charge in [0.1, 0.15) is 0 Å². The minimum absolute atomic E-state index is 0.0476. The molecule has 184 valence electrons. The molecule has 8 heteroatoms. The summed E-state index contributed by atoms with van der Waals surface area (Å²) < 4.78 is 13.0. The van der Waals surface area contributed by atoms with E-state index >= 15 is 0 Å². The van der Waals surface area contributed by atoms with Gasteiger partial charge in [-0.15, -0.1) is 0 Å². The number of fused-ring (bicyclic) bond motifs is 2. The van der Waals surface area contributed by atoms with Crippen LogP contribution < -0.4 is 20.3 Å². The van der Waals surface area contributed by atoms with Crippen LogP contribution in [-0.4, -0.2) is 69.2 Å². The summed E-state index contributed by atoms with van der Waals surface area (Å²) in [6.45, 7) is 8.34. The number of hydrogen-bond acceptors (Lipinski definition) is 7. The number of hydrogen-bond donors (Lipinski definition) is 0. The summed E-state index contributed by atoms with van der Waals surface area (Å²) in [5.41, 5.74) is 7.41. The Kier molecular flexibility index (Phi) is 5.65.